The summed E-state index contributed by atoms with van der Waals surface area (Å²) in [5, 5.41) is 32.9. The van der Waals surface area contributed by atoms with Crippen LogP contribution in [0.1, 0.15) is 66.5 Å². The Kier molecular flexibility index (Phi) is 7.21. The molecule has 7 heteroatoms. The van der Waals surface area contributed by atoms with Gasteiger partial charge in [-0.1, -0.05) is 37.0 Å². The molecule has 0 unspecified atom stereocenters. The number of aliphatic hydroxyl groups is 1. The number of nitriles is 2. The monoisotopic (exact) mass is 597 g/mol. The van der Waals surface area contributed by atoms with Gasteiger partial charge >= 0.3 is 0 Å². The van der Waals surface area contributed by atoms with Gasteiger partial charge in [0, 0.05) is 67.3 Å². The van der Waals surface area contributed by atoms with E-state index in [1.54, 1.807) is 0 Å². The molecule has 0 amide bonds. The molecule has 0 aromatic heterocycles. The van der Waals surface area contributed by atoms with Crippen LogP contribution >= 0.6 is 23.2 Å². The third-order valence-corrected chi connectivity index (χ3v) is 9.17. The van der Waals surface area contributed by atoms with E-state index in [9.17, 15) is 15.6 Å². The van der Waals surface area contributed by atoms with Crippen molar-refractivity contribution in [2.75, 3.05) is 4.90 Å². The van der Waals surface area contributed by atoms with Crippen LogP contribution in [0.4, 0.5) is 11.4 Å². The molecule has 2 aliphatic heterocycles. The zero-order valence-corrected chi connectivity index (χ0v) is 26.8. The highest BCUT2D eigenvalue weighted by atomic mass is 35.5. The predicted molar refractivity (Wildman–Crippen MR) is 171 cm³/mol. The average molecular weight is 599 g/mol. The largest absolute Gasteiger partial charge is 0.507 e. The Balaban J connectivity index is 1.75. The number of hydrogen-bond acceptors (Lipinski definition) is 4. The van der Waals surface area contributed by atoms with Gasteiger partial charge in [-0.15, -0.1) is 0 Å². The maximum atomic E-state index is 11.6. The second-order valence-electron chi connectivity index (χ2n) is 12.7. The molecule has 0 atom stereocenters. The van der Waals surface area contributed by atoms with Gasteiger partial charge in [-0.05, 0) is 83.5 Å². The molecule has 0 saturated heterocycles. The van der Waals surface area contributed by atoms with Crippen molar-refractivity contribution in [3.63, 3.8) is 0 Å². The average Bonchev–Trinajstić information content (AvgIpc) is 3.28. The van der Waals surface area contributed by atoms with Crippen LogP contribution in [0.15, 0.2) is 82.3 Å². The lowest BCUT2D eigenvalue weighted by Gasteiger charge is -2.33. The molecule has 2 heterocycles. The molecule has 5 nitrogen and oxygen atoms in total. The number of nitrogens with zero attached hydrogens (tertiary/aromatic N) is 4. The van der Waals surface area contributed by atoms with Crippen molar-refractivity contribution in [3.8, 4) is 12.1 Å². The first-order valence-corrected chi connectivity index (χ1v) is 14.9. The van der Waals surface area contributed by atoms with Gasteiger partial charge < -0.3 is 10.0 Å². The van der Waals surface area contributed by atoms with E-state index in [-0.39, 0.29) is 23.4 Å². The fourth-order valence-corrected chi connectivity index (χ4v) is 6.96. The molecule has 3 aliphatic rings. The summed E-state index contributed by atoms with van der Waals surface area (Å²) in [6, 6.07) is 16.2. The summed E-state index contributed by atoms with van der Waals surface area (Å²) in [6.45, 7) is 17.0. The van der Waals surface area contributed by atoms with Crippen molar-refractivity contribution in [1.29, 1.82) is 10.5 Å². The summed E-state index contributed by atoms with van der Waals surface area (Å²) in [5.74, 6) is 0.0648. The highest BCUT2D eigenvalue weighted by Crippen LogP contribution is 2.52. The summed E-state index contributed by atoms with van der Waals surface area (Å²) in [7, 11) is 0. The van der Waals surface area contributed by atoms with Gasteiger partial charge in [0.2, 0.25) is 5.69 Å². The molecule has 0 fully saturated rings. The van der Waals surface area contributed by atoms with Crippen LogP contribution in [0.5, 0.6) is 0 Å². The van der Waals surface area contributed by atoms with Gasteiger partial charge in [0.05, 0.1) is 5.41 Å². The van der Waals surface area contributed by atoms with Crippen LogP contribution in [0, 0.1) is 22.7 Å². The summed E-state index contributed by atoms with van der Waals surface area (Å²) < 4.78 is 2.24. The van der Waals surface area contributed by atoms with Crippen LogP contribution in [0.2, 0.25) is 10.0 Å². The smallest absolute Gasteiger partial charge is 0.210 e. The van der Waals surface area contributed by atoms with Crippen molar-refractivity contribution in [1.82, 2.24) is 0 Å². The van der Waals surface area contributed by atoms with Gasteiger partial charge in [-0.25, -0.2) is 0 Å². The van der Waals surface area contributed by atoms with Gasteiger partial charge in [-0.3, -0.25) is 0 Å². The minimum atomic E-state index is -0.431. The normalized spacial score (nSPS) is 20.3. The molecule has 2 aromatic carbocycles. The van der Waals surface area contributed by atoms with E-state index < -0.39 is 10.8 Å². The standard InChI is InChI=1S/C35H34Cl2N4O/c1-19(2)40-28-11-9-22(36)13-26(28)34(5,6)30(40)15-24-32(21(17-38)18-39)25(33(24)42)16-31-35(7,8)27-14-23(37)10-12-29(27)41(31)20(3)4/h9-16,19-20H,1-8H3/p+1. The lowest BCUT2D eigenvalue weighted by atomic mass is 9.74. The SMILES string of the molecule is CC(C)N1/C(=C/C2=C(O)C(=C\C3=[N+](C(C)C)c4ccc(Cl)cc4C3(C)C)/C2=C(C#N)C#N)C(C)(C)c2cc(Cl)ccc21. The first-order chi connectivity index (χ1) is 19.7. The minimum absolute atomic E-state index is 0.0357. The molecule has 0 bridgehead atoms. The Bertz CT molecular complexity index is 1770. The van der Waals surface area contributed by atoms with Crippen LogP contribution in [0.25, 0.3) is 0 Å². The summed E-state index contributed by atoms with van der Waals surface area (Å²) in [5.41, 5.74) is 6.74. The fourth-order valence-electron chi connectivity index (χ4n) is 6.61. The number of fused-ring (bicyclic) bond motifs is 2. The molecular weight excluding hydrogens is 563 g/mol. The van der Waals surface area contributed by atoms with Crippen molar-refractivity contribution >= 4 is 40.3 Å². The van der Waals surface area contributed by atoms with Crippen molar-refractivity contribution in [2.24, 2.45) is 0 Å². The van der Waals surface area contributed by atoms with Crippen LogP contribution < -0.4 is 4.90 Å². The fraction of sp³-hybridized carbons (Fsp3) is 0.343. The quantitative estimate of drug-likeness (QED) is 0.282. The topological polar surface area (TPSA) is 74.1 Å². The lowest BCUT2D eigenvalue weighted by Crippen LogP contribution is -2.33. The van der Waals surface area contributed by atoms with E-state index in [1.807, 2.05) is 48.6 Å². The summed E-state index contributed by atoms with van der Waals surface area (Å²) >= 11 is 12.8. The zero-order valence-electron chi connectivity index (χ0n) is 25.3. The van der Waals surface area contributed by atoms with Gasteiger partial charge in [-0.2, -0.15) is 15.1 Å². The lowest BCUT2D eigenvalue weighted by molar-refractivity contribution is -0.472. The molecule has 1 N–H and O–H groups in total. The molecule has 1 aliphatic carbocycles. The van der Waals surface area contributed by atoms with Gasteiger partial charge in [0.1, 0.15) is 23.5 Å². The Hall–Kier alpha value is -3.77. The minimum Gasteiger partial charge on any atom is -0.507 e. The van der Waals surface area contributed by atoms with Crippen LogP contribution in [-0.2, 0) is 10.8 Å². The van der Waals surface area contributed by atoms with E-state index in [0.717, 1.165) is 33.9 Å². The number of anilines is 1. The Morgan fingerprint density at radius 1 is 0.905 bits per heavy atom. The second-order valence-corrected chi connectivity index (χ2v) is 13.6. The number of benzene rings is 2. The van der Waals surface area contributed by atoms with Gasteiger partial charge in [0.25, 0.3) is 0 Å². The van der Waals surface area contributed by atoms with E-state index in [4.69, 9.17) is 23.2 Å². The number of aliphatic hydroxyl groups excluding tert-OH is 1. The third kappa shape index (κ3) is 4.30. The first-order valence-electron chi connectivity index (χ1n) is 14.1. The van der Waals surface area contributed by atoms with E-state index in [2.05, 4.69) is 77.0 Å². The van der Waals surface area contributed by atoms with E-state index in [1.165, 1.54) is 0 Å². The highest BCUT2D eigenvalue weighted by Gasteiger charge is 2.48. The molecule has 5 rings (SSSR count). The molecule has 0 saturated carbocycles. The number of hydrogen-bond donors (Lipinski definition) is 1. The molecule has 2 aromatic rings. The Morgan fingerprint density at radius 2 is 1.50 bits per heavy atom. The number of halogens is 2. The number of rotatable bonds is 4. The Morgan fingerprint density at radius 3 is 2.07 bits per heavy atom. The molecule has 42 heavy (non-hydrogen) atoms. The molecule has 0 spiro atoms. The molecular formula is C35H35Cl2N4O+. The van der Waals surface area contributed by atoms with Crippen molar-refractivity contribution in [3.05, 3.63) is 103 Å². The van der Waals surface area contributed by atoms with Crippen molar-refractivity contribution < 1.29 is 9.68 Å². The van der Waals surface area contributed by atoms with E-state index >= 15 is 0 Å². The maximum absolute atomic E-state index is 11.6. The summed E-state index contributed by atoms with van der Waals surface area (Å²) in [6.07, 6.45) is 3.87. The first kappa shape index (κ1) is 29.7. The Labute approximate surface area is 258 Å². The number of allylic oxidation sites excluding steroid dienone is 6. The zero-order chi connectivity index (χ0) is 30.9. The predicted octanol–water partition coefficient (Wildman–Crippen LogP) is 8.96. The van der Waals surface area contributed by atoms with Gasteiger partial charge in [0.15, 0.2) is 11.8 Å². The third-order valence-electron chi connectivity index (χ3n) is 8.70. The maximum Gasteiger partial charge on any atom is 0.210 e. The summed E-state index contributed by atoms with van der Waals surface area (Å²) in [4.78, 5) is 2.24. The highest BCUT2D eigenvalue weighted by molar-refractivity contribution is 6.31. The molecule has 0 radical (unpaired) electrons. The van der Waals surface area contributed by atoms with Crippen LogP contribution in [0.3, 0.4) is 0 Å². The second kappa shape index (κ2) is 10.2. The molecule has 214 valence electrons. The van der Waals surface area contributed by atoms with Crippen LogP contribution in [-0.4, -0.2) is 27.5 Å². The van der Waals surface area contributed by atoms with E-state index in [0.29, 0.717) is 26.8 Å². The van der Waals surface area contributed by atoms with Crippen molar-refractivity contribution in [2.45, 2.75) is 78.3 Å².